The van der Waals surface area contributed by atoms with Crippen molar-refractivity contribution in [1.29, 1.82) is 0 Å². The first-order chi connectivity index (χ1) is 14.2. The molecule has 1 atom stereocenters. The van der Waals surface area contributed by atoms with E-state index in [1.807, 2.05) is 37.3 Å². The fraction of sp³-hybridized carbons (Fsp3) is 0.409. The number of nitrogens with one attached hydrogen (secondary N) is 1. The lowest BCUT2D eigenvalue weighted by molar-refractivity contribution is -0.138. The van der Waals surface area contributed by atoms with Crippen LogP contribution in [0.4, 0.5) is 4.79 Å². The van der Waals surface area contributed by atoms with Crippen molar-refractivity contribution in [2.45, 2.75) is 38.8 Å². The molecule has 0 spiro atoms. The summed E-state index contributed by atoms with van der Waals surface area (Å²) in [6.07, 6.45) is 1.03. The first-order valence-corrected chi connectivity index (χ1v) is 9.78. The van der Waals surface area contributed by atoms with Crippen molar-refractivity contribution in [3.8, 4) is 5.75 Å². The molecule has 30 heavy (non-hydrogen) atoms. The molecule has 1 aromatic heterocycles. The van der Waals surface area contributed by atoms with E-state index < -0.39 is 17.5 Å². The van der Waals surface area contributed by atoms with E-state index >= 15 is 0 Å². The summed E-state index contributed by atoms with van der Waals surface area (Å²) in [6.45, 7) is 3.48. The fourth-order valence-electron chi connectivity index (χ4n) is 3.39. The Hall–Kier alpha value is -3.29. The number of carbonyl (C=O) groups excluding carboxylic acids is 3. The van der Waals surface area contributed by atoms with Gasteiger partial charge in [-0.1, -0.05) is 12.1 Å². The van der Waals surface area contributed by atoms with Crippen LogP contribution in [0.3, 0.4) is 0 Å². The van der Waals surface area contributed by atoms with Crippen LogP contribution in [-0.2, 0) is 22.6 Å². The third-order valence-electron chi connectivity index (χ3n) is 5.33. The molecule has 0 radical (unpaired) electrons. The van der Waals surface area contributed by atoms with Crippen LogP contribution in [0.2, 0.25) is 0 Å². The van der Waals surface area contributed by atoms with E-state index in [0.29, 0.717) is 18.6 Å². The summed E-state index contributed by atoms with van der Waals surface area (Å²) < 4.78 is 10.6. The molecule has 0 aliphatic carbocycles. The van der Waals surface area contributed by atoms with E-state index in [1.54, 1.807) is 27.1 Å². The number of methoxy groups -OCH3 is 1. The first-order valence-electron chi connectivity index (χ1n) is 9.78. The fourth-order valence-corrected chi connectivity index (χ4v) is 3.39. The van der Waals surface area contributed by atoms with Crippen molar-refractivity contribution >= 4 is 17.8 Å². The molecular weight excluding hydrogens is 386 g/mol. The molecule has 3 rings (SSSR count). The van der Waals surface area contributed by atoms with E-state index in [-0.39, 0.29) is 19.0 Å². The van der Waals surface area contributed by atoms with Gasteiger partial charge in [-0.3, -0.25) is 14.5 Å². The molecule has 1 aromatic carbocycles. The maximum Gasteiger partial charge on any atom is 0.325 e. The number of rotatable bonds is 8. The van der Waals surface area contributed by atoms with Crippen molar-refractivity contribution in [1.82, 2.24) is 15.1 Å². The zero-order valence-electron chi connectivity index (χ0n) is 17.7. The van der Waals surface area contributed by atoms with E-state index in [9.17, 15) is 14.4 Å². The second kappa shape index (κ2) is 8.61. The molecule has 1 aliphatic heterocycles. The van der Waals surface area contributed by atoms with Gasteiger partial charge in [0.05, 0.1) is 13.7 Å². The van der Waals surface area contributed by atoms with E-state index in [4.69, 9.17) is 9.15 Å². The van der Waals surface area contributed by atoms with Gasteiger partial charge in [-0.05, 0) is 56.5 Å². The molecule has 1 aliphatic rings. The Bertz CT molecular complexity index is 937. The number of furan rings is 1. The van der Waals surface area contributed by atoms with Crippen LogP contribution in [0, 0.1) is 6.92 Å². The molecule has 4 amide bonds. The van der Waals surface area contributed by atoms with Gasteiger partial charge in [0.2, 0.25) is 5.91 Å². The molecule has 1 saturated heterocycles. The van der Waals surface area contributed by atoms with Crippen molar-refractivity contribution in [2.24, 2.45) is 0 Å². The van der Waals surface area contributed by atoms with Crippen LogP contribution in [0.15, 0.2) is 40.8 Å². The molecule has 2 heterocycles. The minimum absolute atomic E-state index is 0.269. The van der Waals surface area contributed by atoms with E-state index in [0.717, 1.165) is 22.0 Å². The summed E-state index contributed by atoms with van der Waals surface area (Å²) >= 11 is 0. The van der Waals surface area contributed by atoms with E-state index in [1.165, 1.54) is 4.90 Å². The largest absolute Gasteiger partial charge is 0.497 e. The van der Waals surface area contributed by atoms with Gasteiger partial charge in [0.25, 0.3) is 5.91 Å². The molecular formula is C22H27N3O5. The normalized spacial score (nSPS) is 18.5. The van der Waals surface area contributed by atoms with Crippen LogP contribution < -0.4 is 10.1 Å². The maximum atomic E-state index is 12.9. The summed E-state index contributed by atoms with van der Waals surface area (Å²) in [5.41, 5.74) is -0.0179. The summed E-state index contributed by atoms with van der Waals surface area (Å²) in [4.78, 5) is 40.3. The minimum Gasteiger partial charge on any atom is -0.497 e. The second-order valence-corrected chi connectivity index (χ2v) is 7.76. The standard InChI is InChI=1S/C22H27N3O5/c1-15-5-8-18(30-15)13-24(3)19(26)14-25-20(27)22(2,23-21(25)28)12-11-16-6-9-17(29-4)10-7-16/h5-10H,11-14H2,1-4H3,(H,23,28)/t22-/m1/s1. The summed E-state index contributed by atoms with van der Waals surface area (Å²) in [6, 6.07) is 10.6. The lowest BCUT2D eigenvalue weighted by Gasteiger charge is -2.22. The SMILES string of the molecule is COc1ccc(CC[C@@]2(C)NC(=O)N(CC(=O)N(C)Cc3ccc(C)o3)C2=O)cc1. The molecule has 0 saturated carbocycles. The predicted octanol–water partition coefficient (Wildman–Crippen LogP) is 2.50. The van der Waals surface area contributed by atoms with Gasteiger partial charge >= 0.3 is 6.03 Å². The highest BCUT2D eigenvalue weighted by molar-refractivity contribution is 6.08. The number of nitrogens with zero attached hydrogens (tertiary/aromatic N) is 2. The predicted molar refractivity (Wildman–Crippen MR) is 110 cm³/mol. The number of ether oxygens (including phenoxy) is 1. The molecule has 1 fully saturated rings. The number of aryl methyl sites for hydroxylation is 2. The van der Waals surface area contributed by atoms with Gasteiger partial charge in [-0.25, -0.2) is 4.79 Å². The molecule has 8 heteroatoms. The van der Waals surface area contributed by atoms with Crippen LogP contribution in [0.1, 0.15) is 30.4 Å². The van der Waals surface area contributed by atoms with Crippen LogP contribution >= 0.6 is 0 Å². The Labute approximate surface area is 175 Å². The number of hydrogen-bond acceptors (Lipinski definition) is 5. The van der Waals surface area contributed by atoms with Crippen molar-refractivity contribution in [3.05, 3.63) is 53.5 Å². The van der Waals surface area contributed by atoms with Gasteiger partial charge in [0, 0.05) is 7.05 Å². The highest BCUT2D eigenvalue weighted by Crippen LogP contribution is 2.24. The number of amides is 4. The van der Waals surface area contributed by atoms with Gasteiger partial charge in [-0.2, -0.15) is 0 Å². The van der Waals surface area contributed by atoms with Crippen LogP contribution in [-0.4, -0.2) is 53.9 Å². The maximum absolute atomic E-state index is 12.9. The number of likely N-dealkylation sites (N-methyl/N-ethyl adjacent to an activating group) is 1. The second-order valence-electron chi connectivity index (χ2n) is 7.76. The topological polar surface area (TPSA) is 92.1 Å². The van der Waals surface area contributed by atoms with Gasteiger partial charge in [-0.15, -0.1) is 0 Å². The number of urea groups is 1. The average molecular weight is 413 g/mol. The quantitative estimate of drug-likeness (QED) is 0.672. The third kappa shape index (κ3) is 4.64. The minimum atomic E-state index is -1.05. The highest BCUT2D eigenvalue weighted by atomic mass is 16.5. The smallest absolute Gasteiger partial charge is 0.325 e. The zero-order chi connectivity index (χ0) is 21.9. The zero-order valence-corrected chi connectivity index (χ0v) is 17.7. The number of carbonyl (C=O) groups is 3. The van der Waals surface area contributed by atoms with Gasteiger partial charge in [0.1, 0.15) is 29.4 Å². The Balaban J connectivity index is 1.59. The van der Waals surface area contributed by atoms with Gasteiger partial charge in [0.15, 0.2) is 0 Å². The number of hydrogen-bond donors (Lipinski definition) is 1. The number of benzene rings is 1. The lowest BCUT2D eigenvalue weighted by Crippen LogP contribution is -2.45. The molecule has 1 N–H and O–H groups in total. The summed E-state index contributed by atoms with van der Waals surface area (Å²) in [7, 11) is 3.22. The molecule has 160 valence electrons. The van der Waals surface area contributed by atoms with Crippen LogP contribution in [0.25, 0.3) is 0 Å². The molecule has 8 nitrogen and oxygen atoms in total. The monoisotopic (exact) mass is 413 g/mol. The van der Waals surface area contributed by atoms with Crippen molar-refractivity contribution < 1.29 is 23.5 Å². The average Bonchev–Trinajstić information content (AvgIpc) is 3.22. The summed E-state index contributed by atoms with van der Waals surface area (Å²) in [5.74, 6) is 1.43. The number of imide groups is 1. The van der Waals surface area contributed by atoms with Gasteiger partial charge < -0.3 is 19.4 Å². The Morgan fingerprint density at radius 1 is 1.20 bits per heavy atom. The van der Waals surface area contributed by atoms with Crippen LogP contribution in [0.5, 0.6) is 5.75 Å². The van der Waals surface area contributed by atoms with Crippen molar-refractivity contribution in [2.75, 3.05) is 20.7 Å². The Morgan fingerprint density at radius 3 is 2.50 bits per heavy atom. The lowest BCUT2D eigenvalue weighted by atomic mass is 9.93. The Morgan fingerprint density at radius 2 is 1.90 bits per heavy atom. The highest BCUT2D eigenvalue weighted by Gasteiger charge is 2.48. The molecule has 0 unspecified atom stereocenters. The van der Waals surface area contributed by atoms with Crippen molar-refractivity contribution in [3.63, 3.8) is 0 Å². The first kappa shape index (κ1) is 21.4. The summed E-state index contributed by atoms with van der Waals surface area (Å²) in [5, 5.41) is 2.74. The Kier molecular flexibility index (Phi) is 6.14. The third-order valence-corrected chi connectivity index (χ3v) is 5.33. The molecule has 0 bridgehead atoms. The van der Waals surface area contributed by atoms with E-state index in [2.05, 4.69) is 5.32 Å². The molecule has 2 aromatic rings.